The zero-order chi connectivity index (χ0) is 13.1. The van der Waals surface area contributed by atoms with E-state index >= 15 is 0 Å². The Balaban J connectivity index is 2.05. The van der Waals surface area contributed by atoms with Crippen LogP contribution in [0.3, 0.4) is 0 Å². The third-order valence-electron chi connectivity index (χ3n) is 2.88. The number of anilines is 1. The van der Waals surface area contributed by atoms with Gasteiger partial charge in [-0.1, -0.05) is 0 Å². The fraction of sp³-hybridized carbons (Fsp3) is 0.385. The van der Waals surface area contributed by atoms with Gasteiger partial charge in [-0.2, -0.15) is 0 Å². The van der Waals surface area contributed by atoms with Gasteiger partial charge in [0.25, 0.3) is 0 Å². The lowest BCUT2D eigenvalue weighted by Crippen LogP contribution is -2.24. The molecule has 0 aliphatic carbocycles. The molecular weight excluding hydrogens is 234 g/mol. The maximum absolute atomic E-state index is 11.5. The summed E-state index contributed by atoms with van der Waals surface area (Å²) in [5.74, 6) is -0.392. The maximum Gasteiger partial charge on any atom is 0.344 e. The van der Waals surface area contributed by atoms with E-state index in [0.29, 0.717) is 12.2 Å². The van der Waals surface area contributed by atoms with Crippen molar-refractivity contribution in [3.8, 4) is 5.75 Å². The van der Waals surface area contributed by atoms with Crippen LogP contribution in [-0.4, -0.2) is 29.6 Å². The molecule has 1 aliphatic heterocycles. The number of hydrogen-bond donors (Lipinski definition) is 1. The molecule has 0 radical (unpaired) electrons. The summed E-state index contributed by atoms with van der Waals surface area (Å²) in [4.78, 5) is 23.9. The lowest BCUT2D eigenvalue weighted by molar-refractivity contribution is -0.144. The summed E-state index contributed by atoms with van der Waals surface area (Å²) in [7, 11) is 0. The van der Waals surface area contributed by atoms with Gasteiger partial charge >= 0.3 is 5.97 Å². The van der Waals surface area contributed by atoms with Crippen LogP contribution in [0.4, 0.5) is 5.69 Å². The number of carboxylic acid groups (broad SMARTS) is 1. The van der Waals surface area contributed by atoms with Crippen LogP contribution >= 0.6 is 0 Å². The highest BCUT2D eigenvalue weighted by atomic mass is 16.5. The topological polar surface area (TPSA) is 66.8 Å². The minimum Gasteiger partial charge on any atom is -0.479 e. The summed E-state index contributed by atoms with van der Waals surface area (Å²) in [5.41, 5.74) is 0.827. The van der Waals surface area contributed by atoms with Crippen molar-refractivity contribution in [3.05, 3.63) is 24.3 Å². The van der Waals surface area contributed by atoms with Crippen LogP contribution in [0.1, 0.15) is 19.8 Å². The first-order valence-electron chi connectivity index (χ1n) is 5.88. The van der Waals surface area contributed by atoms with Crippen molar-refractivity contribution in [2.24, 2.45) is 0 Å². The molecule has 1 fully saturated rings. The number of aliphatic carboxylic acids is 1. The van der Waals surface area contributed by atoms with E-state index in [2.05, 4.69) is 0 Å². The normalized spacial score (nSPS) is 16.7. The number of carboxylic acids is 1. The van der Waals surface area contributed by atoms with Gasteiger partial charge in [-0.05, 0) is 37.6 Å². The molecule has 0 bridgehead atoms. The van der Waals surface area contributed by atoms with Gasteiger partial charge in [-0.3, -0.25) is 4.79 Å². The Morgan fingerprint density at radius 2 is 2.06 bits per heavy atom. The van der Waals surface area contributed by atoms with Gasteiger partial charge in [0.2, 0.25) is 5.91 Å². The highest BCUT2D eigenvalue weighted by Crippen LogP contribution is 2.24. The van der Waals surface area contributed by atoms with Gasteiger partial charge in [0.1, 0.15) is 5.75 Å². The molecule has 0 spiro atoms. The smallest absolute Gasteiger partial charge is 0.344 e. The minimum absolute atomic E-state index is 0.127. The summed E-state index contributed by atoms with van der Waals surface area (Å²) >= 11 is 0. The van der Waals surface area contributed by atoms with Crippen LogP contribution in [0, 0.1) is 0 Å². The quantitative estimate of drug-likeness (QED) is 0.881. The third kappa shape index (κ3) is 2.61. The molecule has 1 amide bonds. The van der Waals surface area contributed by atoms with E-state index in [1.54, 1.807) is 29.2 Å². The number of carbonyl (C=O) groups excluding carboxylic acids is 1. The fourth-order valence-corrected chi connectivity index (χ4v) is 1.88. The number of carbonyl (C=O) groups is 2. The van der Waals surface area contributed by atoms with Crippen LogP contribution in [0.25, 0.3) is 0 Å². The van der Waals surface area contributed by atoms with Gasteiger partial charge in [-0.15, -0.1) is 0 Å². The first-order valence-corrected chi connectivity index (χ1v) is 5.88. The molecule has 2 rings (SSSR count). The average molecular weight is 249 g/mol. The molecule has 18 heavy (non-hydrogen) atoms. The number of rotatable bonds is 4. The first-order chi connectivity index (χ1) is 8.58. The van der Waals surface area contributed by atoms with Gasteiger partial charge in [0.05, 0.1) is 0 Å². The molecule has 1 N–H and O–H groups in total. The van der Waals surface area contributed by atoms with E-state index in [0.717, 1.165) is 18.7 Å². The Morgan fingerprint density at radius 1 is 1.39 bits per heavy atom. The first kappa shape index (κ1) is 12.4. The van der Waals surface area contributed by atoms with E-state index < -0.39 is 12.1 Å². The molecule has 1 atom stereocenters. The van der Waals surface area contributed by atoms with E-state index in [4.69, 9.17) is 9.84 Å². The van der Waals surface area contributed by atoms with Crippen molar-refractivity contribution in [3.63, 3.8) is 0 Å². The van der Waals surface area contributed by atoms with Crippen molar-refractivity contribution >= 4 is 17.6 Å². The summed E-state index contributed by atoms with van der Waals surface area (Å²) in [6.45, 7) is 2.21. The molecule has 1 aromatic carbocycles. The lowest BCUT2D eigenvalue weighted by Gasteiger charge is -2.16. The Hall–Kier alpha value is -2.04. The van der Waals surface area contributed by atoms with E-state index in [-0.39, 0.29) is 5.91 Å². The lowest BCUT2D eigenvalue weighted by atomic mass is 10.2. The predicted octanol–water partition coefficient (Wildman–Crippen LogP) is 1.67. The zero-order valence-corrected chi connectivity index (χ0v) is 10.1. The van der Waals surface area contributed by atoms with Crippen LogP contribution in [0.5, 0.6) is 5.75 Å². The standard InChI is InChI=1S/C13H15NO4/c1-9(13(16)17)18-11-6-4-10(5-7-11)14-8-2-3-12(14)15/h4-7,9H,2-3,8H2,1H3,(H,16,17)/t9-/m0/s1. The van der Waals surface area contributed by atoms with Crippen molar-refractivity contribution in [2.75, 3.05) is 11.4 Å². The monoisotopic (exact) mass is 249 g/mol. The number of amides is 1. The predicted molar refractivity (Wildman–Crippen MR) is 65.8 cm³/mol. The van der Waals surface area contributed by atoms with Crippen molar-refractivity contribution in [1.29, 1.82) is 0 Å². The van der Waals surface area contributed by atoms with Crippen LogP contribution in [0.15, 0.2) is 24.3 Å². The number of nitrogens with zero attached hydrogens (tertiary/aromatic N) is 1. The molecule has 1 aliphatic rings. The van der Waals surface area contributed by atoms with E-state index in [1.165, 1.54) is 6.92 Å². The Labute approximate surface area is 105 Å². The molecule has 96 valence electrons. The molecule has 0 unspecified atom stereocenters. The molecule has 0 aromatic heterocycles. The summed E-state index contributed by atoms with van der Waals surface area (Å²) < 4.78 is 5.22. The molecule has 1 saturated heterocycles. The molecule has 1 heterocycles. The second-order valence-corrected chi connectivity index (χ2v) is 4.24. The highest BCUT2D eigenvalue weighted by Gasteiger charge is 2.21. The van der Waals surface area contributed by atoms with E-state index in [9.17, 15) is 9.59 Å². The molecular formula is C13H15NO4. The van der Waals surface area contributed by atoms with Crippen LogP contribution in [-0.2, 0) is 9.59 Å². The largest absolute Gasteiger partial charge is 0.479 e. The average Bonchev–Trinajstić information content (AvgIpc) is 2.76. The maximum atomic E-state index is 11.5. The minimum atomic E-state index is -1.01. The van der Waals surface area contributed by atoms with Crippen molar-refractivity contribution < 1.29 is 19.4 Å². The number of hydrogen-bond acceptors (Lipinski definition) is 3. The summed E-state index contributed by atoms with van der Waals surface area (Å²) in [5, 5.41) is 8.73. The number of benzene rings is 1. The molecule has 5 nitrogen and oxygen atoms in total. The van der Waals surface area contributed by atoms with Gasteiger partial charge in [-0.25, -0.2) is 4.79 Å². The Morgan fingerprint density at radius 3 is 2.56 bits per heavy atom. The highest BCUT2D eigenvalue weighted by molar-refractivity contribution is 5.95. The van der Waals surface area contributed by atoms with Gasteiger partial charge < -0.3 is 14.7 Å². The molecule has 5 heteroatoms. The summed E-state index contributed by atoms with van der Waals surface area (Å²) in [6.07, 6.45) is 0.589. The Kier molecular flexibility index (Phi) is 3.50. The van der Waals surface area contributed by atoms with Crippen molar-refractivity contribution in [2.45, 2.75) is 25.9 Å². The van der Waals surface area contributed by atoms with Crippen molar-refractivity contribution in [1.82, 2.24) is 0 Å². The third-order valence-corrected chi connectivity index (χ3v) is 2.88. The van der Waals surface area contributed by atoms with Crippen LogP contribution < -0.4 is 9.64 Å². The van der Waals surface area contributed by atoms with E-state index in [1.807, 2.05) is 0 Å². The zero-order valence-electron chi connectivity index (χ0n) is 10.1. The molecule has 1 aromatic rings. The molecule has 0 saturated carbocycles. The SMILES string of the molecule is C[C@H](Oc1ccc(N2CCCC2=O)cc1)C(=O)O. The van der Waals surface area contributed by atoms with Gasteiger partial charge in [0, 0.05) is 18.7 Å². The van der Waals surface area contributed by atoms with Gasteiger partial charge in [0.15, 0.2) is 6.10 Å². The second-order valence-electron chi connectivity index (χ2n) is 4.24. The summed E-state index contributed by atoms with van der Waals surface area (Å²) in [6, 6.07) is 6.90. The second kappa shape index (κ2) is 5.08. The van der Waals surface area contributed by atoms with Crippen LogP contribution in [0.2, 0.25) is 0 Å². The fourth-order valence-electron chi connectivity index (χ4n) is 1.88. The Bertz CT molecular complexity index is 455. The number of ether oxygens (including phenoxy) is 1.